The van der Waals surface area contributed by atoms with E-state index in [1.165, 1.54) is 12.1 Å². The van der Waals surface area contributed by atoms with Gasteiger partial charge >= 0.3 is 0 Å². The van der Waals surface area contributed by atoms with Gasteiger partial charge in [0.05, 0.1) is 11.5 Å². The molecule has 1 fully saturated rings. The van der Waals surface area contributed by atoms with Crippen LogP contribution in [0.5, 0.6) is 0 Å². The number of nitrogens with one attached hydrogen (secondary N) is 1. The van der Waals surface area contributed by atoms with Crippen LogP contribution in [0.4, 0.5) is 0 Å². The maximum Gasteiger partial charge on any atom is 0.240 e. The van der Waals surface area contributed by atoms with Gasteiger partial charge < -0.3 is 9.84 Å². The van der Waals surface area contributed by atoms with E-state index in [1.807, 2.05) is 0 Å². The molecule has 0 bridgehead atoms. The van der Waals surface area contributed by atoms with Crippen molar-refractivity contribution >= 4 is 10.0 Å². The predicted molar refractivity (Wildman–Crippen MR) is 71.1 cm³/mol. The number of benzene rings is 1. The highest BCUT2D eigenvalue weighted by atomic mass is 32.2. The number of rotatable bonds is 5. The largest absolute Gasteiger partial charge is 0.392 e. The summed E-state index contributed by atoms with van der Waals surface area (Å²) in [7, 11) is -3.49. The van der Waals surface area contributed by atoms with Gasteiger partial charge in [-0.1, -0.05) is 12.1 Å². The molecule has 2 N–H and O–H groups in total. The number of hydrogen-bond donors (Lipinski definition) is 2. The Kier molecular flexibility index (Phi) is 4.93. The molecule has 0 atom stereocenters. The predicted octanol–water partition coefficient (Wildman–Crippen LogP) is 0.884. The van der Waals surface area contributed by atoms with Crippen LogP contribution >= 0.6 is 0 Å². The molecule has 1 saturated heterocycles. The third-order valence-electron chi connectivity index (χ3n) is 3.29. The number of sulfonamides is 1. The third kappa shape index (κ3) is 4.01. The second-order valence-corrected chi connectivity index (χ2v) is 6.48. The van der Waals surface area contributed by atoms with E-state index in [-0.39, 0.29) is 11.5 Å². The summed E-state index contributed by atoms with van der Waals surface area (Å²) in [4.78, 5) is 0.200. The molecule has 0 saturated carbocycles. The van der Waals surface area contributed by atoms with Gasteiger partial charge in [-0.2, -0.15) is 0 Å². The van der Waals surface area contributed by atoms with Crippen LogP contribution < -0.4 is 4.72 Å². The summed E-state index contributed by atoms with van der Waals surface area (Å²) < 4.78 is 32.1. The van der Waals surface area contributed by atoms with Gasteiger partial charge in [0.15, 0.2) is 0 Å². The highest BCUT2D eigenvalue weighted by Crippen LogP contribution is 2.16. The molecule has 1 heterocycles. The van der Waals surface area contributed by atoms with Crippen LogP contribution in [0.1, 0.15) is 18.4 Å². The average Bonchev–Trinajstić information content (AvgIpc) is 2.46. The van der Waals surface area contributed by atoms with Gasteiger partial charge in [-0.15, -0.1) is 0 Å². The summed E-state index contributed by atoms with van der Waals surface area (Å²) in [6, 6.07) is 6.35. The Hall–Kier alpha value is -0.950. The molecule has 0 unspecified atom stereocenters. The SMILES string of the molecule is O=S(=O)(NCC1CCOCC1)c1cccc(CO)c1. The molecule has 6 heteroatoms. The van der Waals surface area contributed by atoms with Crippen LogP contribution in [-0.4, -0.2) is 33.3 Å². The van der Waals surface area contributed by atoms with Crippen LogP contribution in [-0.2, 0) is 21.4 Å². The molecule has 2 rings (SSSR count). The Bertz CT molecular complexity index is 509. The monoisotopic (exact) mass is 285 g/mol. The van der Waals surface area contributed by atoms with Crippen molar-refractivity contribution in [2.45, 2.75) is 24.3 Å². The zero-order chi connectivity index (χ0) is 13.7. The Balaban J connectivity index is 2.00. The lowest BCUT2D eigenvalue weighted by Gasteiger charge is -2.22. The highest BCUT2D eigenvalue weighted by Gasteiger charge is 2.19. The molecule has 0 aromatic heterocycles. The van der Waals surface area contributed by atoms with Crippen molar-refractivity contribution in [2.24, 2.45) is 5.92 Å². The van der Waals surface area contributed by atoms with Crippen molar-refractivity contribution in [3.8, 4) is 0 Å². The summed E-state index contributed by atoms with van der Waals surface area (Å²) in [6.07, 6.45) is 1.78. The normalized spacial score (nSPS) is 17.5. The first kappa shape index (κ1) is 14.5. The first-order valence-electron chi connectivity index (χ1n) is 6.39. The average molecular weight is 285 g/mol. The number of hydrogen-bond acceptors (Lipinski definition) is 4. The zero-order valence-corrected chi connectivity index (χ0v) is 11.5. The quantitative estimate of drug-likeness (QED) is 0.842. The summed E-state index contributed by atoms with van der Waals surface area (Å²) in [6.45, 7) is 1.68. The minimum Gasteiger partial charge on any atom is -0.392 e. The van der Waals surface area contributed by atoms with E-state index in [4.69, 9.17) is 9.84 Å². The van der Waals surface area contributed by atoms with Crippen molar-refractivity contribution in [3.63, 3.8) is 0 Å². The second kappa shape index (κ2) is 6.47. The van der Waals surface area contributed by atoms with E-state index in [2.05, 4.69) is 4.72 Å². The van der Waals surface area contributed by atoms with Gasteiger partial charge in [0, 0.05) is 19.8 Å². The molecule has 0 radical (unpaired) electrons. The summed E-state index contributed by atoms with van der Waals surface area (Å²) in [5.41, 5.74) is 0.592. The lowest BCUT2D eigenvalue weighted by atomic mass is 10.0. The summed E-state index contributed by atoms with van der Waals surface area (Å²) in [5.74, 6) is 0.338. The van der Waals surface area contributed by atoms with E-state index < -0.39 is 10.0 Å². The Morgan fingerprint density at radius 3 is 2.74 bits per heavy atom. The van der Waals surface area contributed by atoms with Crippen LogP contribution in [0.2, 0.25) is 0 Å². The van der Waals surface area contributed by atoms with Gasteiger partial charge in [-0.25, -0.2) is 13.1 Å². The van der Waals surface area contributed by atoms with Crippen molar-refractivity contribution in [1.82, 2.24) is 4.72 Å². The van der Waals surface area contributed by atoms with Crippen molar-refractivity contribution in [3.05, 3.63) is 29.8 Å². The van der Waals surface area contributed by atoms with E-state index >= 15 is 0 Å². The maximum atomic E-state index is 12.1. The van der Waals surface area contributed by atoms with Crippen LogP contribution in [0.25, 0.3) is 0 Å². The molecule has 0 amide bonds. The zero-order valence-electron chi connectivity index (χ0n) is 10.7. The standard InChI is InChI=1S/C13H19NO4S/c15-10-12-2-1-3-13(8-12)19(16,17)14-9-11-4-6-18-7-5-11/h1-3,8,11,14-15H,4-7,9-10H2. The van der Waals surface area contributed by atoms with E-state index in [0.29, 0.717) is 31.2 Å². The van der Waals surface area contributed by atoms with Gasteiger partial charge in [-0.05, 0) is 36.5 Å². The summed E-state index contributed by atoms with van der Waals surface area (Å²) >= 11 is 0. The Morgan fingerprint density at radius 1 is 1.32 bits per heavy atom. The van der Waals surface area contributed by atoms with Crippen LogP contribution in [0, 0.1) is 5.92 Å². The van der Waals surface area contributed by atoms with E-state index in [0.717, 1.165) is 12.8 Å². The van der Waals surface area contributed by atoms with Gasteiger partial charge in [0.25, 0.3) is 0 Å². The number of ether oxygens (including phenoxy) is 1. The van der Waals surface area contributed by atoms with Crippen LogP contribution in [0.15, 0.2) is 29.2 Å². The van der Waals surface area contributed by atoms with Crippen molar-refractivity contribution < 1.29 is 18.3 Å². The van der Waals surface area contributed by atoms with Crippen molar-refractivity contribution in [2.75, 3.05) is 19.8 Å². The molecule has 0 aliphatic carbocycles. The molecular weight excluding hydrogens is 266 g/mol. The van der Waals surface area contributed by atoms with Gasteiger partial charge in [0.2, 0.25) is 10.0 Å². The van der Waals surface area contributed by atoms with E-state index in [1.54, 1.807) is 12.1 Å². The molecule has 1 aromatic carbocycles. The number of aliphatic hydroxyl groups excluding tert-OH is 1. The lowest BCUT2D eigenvalue weighted by Crippen LogP contribution is -2.32. The molecular formula is C13H19NO4S. The smallest absolute Gasteiger partial charge is 0.240 e. The Morgan fingerprint density at radius 2 is 2.05 bits per heavy atom. The lowest BCUT2D eigenvalue weighted by molar-refractivity contribution is 0.0678. The summed E-state index contributed by atoms with van der Waals surface area (Å²) in [5, 5.41) is 9.03. The molecule has 106 valence electrons. The first-order valence-corrected chi connectivity index (χ1v) is 7.87. The highest BCUT2D eigenvalue weighted by molar-refractivity contribution is 7.89. The van der Waals surface area contributed by atoms with Crippen molar-refractivity contribution in [1.29, 1.82) is 0 Å². The molecule has 19 heavy (non-hydrogen) atoms. The minimum absolute atomic E-state index is 0.163. The molecule has 1 aliphatic heterocycles. The van der Waals surface area contributed by atoms with Crippen LogP contribution in [0.3, 0.4) is 0 Å². The first-order chi connectivity index (χ1) is 9.12. The molecule has 1 aromatic rings. The molecule has 5 nitrogen and oxygen atoms in total. The third-order valence-corrected chi connectivity index (χ3v) is 4.72. The molecule has 0 spiro atoms. The topological polar surface area (TPSA) is 75.6 Å². The second-order valence-electron chi connectivity index (χ2n) is 4.71. The fourth-order valence-corrected chi connectivity index (χ4v) is 3.26. The minimum atomic E-state index is -3.49. The Labute approximate surface area is 113 Å². The fourth-order valence-electron chi connectivity index (χ4n) is 2.07. The maximum absolute atomic E-state index is 12.1. The number of aliphatic hydroxyl groups is 1. The van der Waals surface area contributed by atoms with E-state index in [9.17, 15) is 8.42 Å². The van der Waals surface area contributed by atoms with Gasteiger partial charge in [0.1, 0.15) is 0 Å². The molecule has 1 aliphatic rings. The van der Waals surface area contributed by atoms with Gasteiger partial charge in [-0.3, -0.25) is 0 Å². The fraction of sp³-hybridized carbons (Fsp3) is 0.538.